The summed E-state index contributed by atoms with van der Waals surface area (Å²) in [6, 6.07) is 1.86. The average Bonchev–Trinajstić information content (AvgIpc) is 2.33. The highest BCUT2D eigenvalue weighted by Crippen LogP contribution is 2.16. The lowest BCUT2D eigenvalue weighted by Crippen LogP contribution is -2.20. The highest BCUT2D eigenvalue weighted by atomic mass is 16.5. The molecule has 1 aromatic rings. The predicted molar refractivity (Wildman–Crippen MR) is 69.5 cm³/mol. The topological polar surface area (TPSA) is 64.3 Å². The fourth-order valence-corrected chi connectivity index (χ4v) is 1.61. The number of aromatic nitrogens is 2. The normalized spacial score (nSPS) is 10.4. The molecule has 1 rings (SSSR count). The lowest BCUT2D eigenvalue weighted by molar-refractivity contribution is 0.395. The number of methoxy groups -OCH3 is 1. The molecule has 0 aromatic carbocycles. The van der Waals surface area contributed by atoms with Crippen molar-refractivity contribution in [2.24, 2.45) is 5.73 Å². The third-order valence-electron chi connectivity index (χ3n) is 2.60. The van der Waals surface area contributed by atoms with Gasteiger partial charge in [-0.25, -0.2) is 4.98 Å². The molecule has 0 aliphatic heterocycles. The summed E-state index contributed by atoms with van der Waals surface area (Å²) in [6.07, 6.45) is 3.36. The van der Waals surface area contributed by atoms with E-state index in [9.17, 15) is 0 Å². The van der Waals surface area contributed by atoms with Gasteiger partial charge in [0.25, 0.3) is 0 Å². The number of ether oxygens (including phenoxy) is 1. The monoisotopic (exact) mass is 238 g/mol. The van der Waals surface area contributed by atoms with Crippen LogP contribution in [0.4, 0.5) is 5.82 Å². The minimum atomic E-state index is 0.612. The van der Waals surface area contributed by atoms with Crippen LogP contribution in [0.5, 0.6) is 5.88 Å². The smallest absolute Gasteiger partial charge is 0.218 e. The molecule has 0 fully saturated rings. The number of nitrogens with zero attached hydrogens (tertiary/aromatic N) is 3. The van der Waals surface area contributed by atoms with Crippen LogP contribution in [0.25, 0.3) is 0 Å². The Kier molecular flexibility index (Phi) is 5.69. The predicted octanol–water partition coefficient (Wildman–Crippen LogP) is 1.36. The molecular formula is C12H22N4O. The van der Waals surface area contributed by atoms with Gasteiger partial charge >= 0.3 is 0 Å². The summed E-state index contributed by atoms with van der Waals surface area (Å²) >= 11 is 0. The molecule has 0 saturated heterocycles. The molecule has 0 aliphatic carbocycles. The van der Waals surface area contributed by atoms with Crippen LogP contribution < -0.4 is 15.4 Å². The summed E-state index contributed by atoms with van der Waals surface area (Å²) in [7, 11) is 3.65. The van der Waals surface area contributed by atoms with Crippen LogP contribution in [0, 0.1) is 6.92 Å². The Morgan fingerprint density at radius 3 is 2.71 bits per heavy atom. The largest absolute Gasteiger partial charge is 0.481 e. The van der Waals surface area contributed by atoms with Gasteiger partial charge in [0.1, 0.15) is 11.6 Å². The molecule has 1 aromatic heterocycles. The molecular weight excluding hydrogens is 216 g/mol. The summed E-state index contributed by atoms with van der Waals surface area (Å²) < 4.78 is 5.13. The molecule has 5 heteroatoms. The number of aryl methyl sites for hydroxylation is 1. The zero-order valence-electron chi connectivity index (χ0n) is 10.9. The van der Waals surface area contributed by atoms with Gasteiger partial charge in [-0.1, -0.05) is 6.42 Å². The van der Waals surface area contributed by atoms with Crippen molar-refractivity contribution in [3.63, 3.8) is 0 Å². The van der Waals surface area contributed by atoms with E-state index in [0.717, 1.165) is 44.0 Å². The van der Waals surface area contributed by atoms with Gasteiger partial charge in [0.15, 0.2) is 0 Å². The first-order valence-electron chi connectivity index (χ1n) is 5.98. The van der Waals surface area contributed by atoms with E-state index in [1.165, 1.54) is 0 Å². The van der Waals surface area contributed by atoms with Crippen LogP contribution in [0.3, 0.4) is 0 Å². The van der Waals surface area contributed by atoms with Gasteiger partial charge < -0.3 is 15.4 Å². The van der Waals surface area contributed by atoms with Crippen molar-refractivity contribution in [3.8, 4) is 5.88 Å². The van der Waals surface area contributed by atoms with E-state index in [0.29, 0.717) is 5.88 Å². The molecule has 17 heavy (non-hydrogen) atoms. The minimum Gasteiger partial charge on any atom is -0.481 e. The fourth-order valence-electron chi connectivity index (χ4n) is 1.61. The van der Waals surface area contributed by atoms with E-state index >= 15 is 0 Å². The summed E-state index contributed by atoms with van der Waals surface area (Å²) in [5.74, 6) is 2.25. The van der Waals surface area contributed by atoms with Crippen molar-refractivity contribution in [1.29, 1.82) is 0 Å². The Balaban J connectivity index is 2.55. The van der Waals surface area contributed by atoms with E-state index in [2.05, 4.69) is 14.9 Å². The number of unbranched alkanes of at least 4 members (excludes halogenated alkanes) is 2. The van der Waals surface area contributed by atoms with Crippen molar-refractivity contribution in [3.05, 3.63) is 11.9 Å². The first-order chi connectivity index (χ1) is 8.17. The van der Waals surface area contributed by atoms with Crippen molar-refractivity contribution >= 4 is 5.82 Å². The number of nitrogens with two attached hydrogens (primary N) is 1. The summed E-state index contributed by atoms with van der Waals surface area (Å²) in [6.45, 7) is 3.61. The number of rotatable bonds is 7. The van der Waals surface area contributed by atoms with E-state index in [-0.39, 0.29) is 0 Å². The van der Waals surface area contributed by atoms with E-state index in [4.69, 9.17) is 10.5 Å². The first kappa shape index (κ1) is 13.7. The Bertz CT molecular complexity index is 343. The standard InChI is InChI=1S/C12H22N4O/c1-10-14-11(9-12(15-10)17-3)16(2)8-6-4-5-7-13/h9H,4-8,13H2,1-3H3. The molecule has 96 valence electrons. The zero-order valence-corrected chi connectivity index (χ0v) is 10.9. The lowest BCUT2D eigenvalue weighted by Gasteiger charge is -2.18. The average molecular weight is 238 g/mol. The van der Waals surface area contributed by atoms with Crippen LogP contribution in [0.2, 0.25) is 0 Å². The van der Waals surface area contributed by atoms with Gasteiger partial charge in [-0.3, -0.25) is 0 Å². The quantitative estimate of drug-likeness (QED) is 0.727. The number of hydrogen-bond donors (Lipinski definition) is 1. The van der Waals surface area contributed by atoms with Crippen molar-refractivity contribution in [1.82, 2.24) is 9.97 Å². The number of hydrogen-bond acceptors (Lipinski definition) is 5. The molecule has 1 heterocycles. The minimum absolute atomic E-state index is 0.612. The lowest BCUT2D eigenvalue weighted by atomic mass is 10.2. The summed E-state index contributed by atoms with van der Waals surface area (Å²) in [4.78, 5) is 10.7. The maximum Gasteiger partial charge on any atom is 0.218 e. The van der Waals surface area contributed by atoms with E-state index in [1.807, 2.05) is 20.0 Å². The van der Waals surface area contributed by atoms with E-state index in [1.54, 1.807) is 7.11 Å². The maximum absolute atomic E-state index is 5.46. The Morgan fingerprint density at radius 1 is 1.29 bits per heavy atom. The molecule has 0 spiro atoms. The molecule has 0 radical (unpaired) electrons. The first-order valence-corrected chi connectivity index (χ1v) is 5.98. The van der Waals surface area contributed by atoms with Crippen molar-refractivity contribution in [2.45, 2.75) is 26.2 Å². The van der Waals surface area contributed by atoms with Crippen molar-refractivity contribution in [2.75, 3.05) is 32.1 Å². The number of anilines is 1. The fraction of sp³-hybridized carbons (Fsp3) is 0.667. The van der Waals surface area contributed by atoms with Crippen LogP contribution in [-0.2, 0) is 0 Å². The Morgan fingerprint density at radius 2 is 2.06 bits per heavy atom. The summed E-state index contributed by atoms with van der Waals surface area (Å²) in [5.41, 5.74) is 5.46. The Hall–Kier alpha value is -1.36. The third-order valence-corrected chi connectivity index (χ3v) is 2.60. The second-order valence-corrected chi connectivity index (χ2v) is 4.09. The maximum atomic E-state index is 5.46. The van der Waals surface area contributed by atoms with Gasteiger partial charge in [-0.05, 0) is 26.3 Å². The second-order valence-electron chi connectivity index (χ2n) is 4.09. The van der Waals surface area contributed by atoms with Gasteiger partial charge in [-0.2, -0.15) is 4.98 Å². The summed E-state index contributed by atoms with van der Waals surface area (Å²) in [5, 5.41) is 0. The second kappa shape index (κ2) is 7.06. The molecule has 0 atom stereocenters. The van der Waals surface area contributed by atoms with Crippen LogP contribution in [-0.4, -0.2) is 37.2 Å². The van der Waals surface area contributed by atoms with Crippen LogP contribution in [0.1, 0.15) is 25.1 Å². The van der Waals surface area contributed by atoms with Gasteiger partial charge in [0.2, 0.25) is 5.88 Å². The molecule has 0 saturated carbocycles. The Labute approximate surface area is 103 Å². The highest BCUT2D eigenvalue weighted by molar-refractivity contribution is 5.40. The molecule has 0 amide bonds. The molecule has 0 aliphatic rings. The van der Waals surface area contributed by atoms with Crippen LogP contribution >= 0.6 is 0 Å². The highest BCUT2D eigenvalue weighted by Gasteiger charge is 2.06. The third kappa shape index (κ3) is 4.56. The van der Waals surface area contributed by atoms with E-state index < -0.39 is 0 Å². The van der Waals surface area contributed by atoms with Crippen LogP contribution in [0.15, 0.2) is 6.07 Å². The molecule has 0 bridgehead atoms. The SMILES string of the molecule is COc1cc(N(C)CCCCCN)nc(C)n1. The van der Waals surface area contributed by atoms with Gasteiger partial charge in [0, 0.05) is 19.7 Å². The molecule has 5 nitrogen and oxygen atoms in total. The zero-order chi connectivity index (χ0) is 12.7. The molecule has 0 unspecified atom stereocenters. The van der Waals surface area contributed by atoms with Crippen molar-refractivity contribution < 1.29 is 4.74 Å². The van der Waals surface area contributed by atoms with Gasteiger partial charge in [0.05, 0.1) is 7.11 Å². The van der Waals surface area contributed by atoms with Gasteiger partial charge in [-0.15, -0.1) is 0 Å². The molecule has 2 N–H and O–H groups in total.